The summed E-state index contributed by atoms with van der Waals surface area (Å²) >= 11 is 3.01. The summed E-state index contributed by atoms with van der Waals surface area (Å²) < 4.78 is 52.4. The second-order valence-corrected chi connectivity index (χ2v) is 5.95. The van der Waals surface area contributed by atoms with Crippen molar-refractivity contribution < 1.29 is 27.5 Å². The smallest absolute Gasteiger partial charge is 0.406 e. The lowest BCUT2D eigenvalue weighted by atomic mass is 9.86. The fraction of sp³-hybridized carbons (Fsp3) is 0.462. The maximum absolute atomic E-state index is 13.1. The molecule has 1 saturated heterocycles. The molecule has 21 heavy (non-hydrogen) atoms. The lowest BCUT2D eigenvalue weighted by molar-refractivity contribution is -0.227. The van der Waals surface area contributed by atoms with E-state index in [9.17, 15) is 22.4 Å². The van der Waals surface area contributed by atoms with E-state index in [-0.39, 0.29) is 17.6 Å². The maximum atomic E-state index is 13.1. The molecule has 1 N–H and O–H groups in total. The third kappa shape index (κ3) is 3.06. The van der Waals surface area contributed by atoms with Crippen LogP contribution in [0.4, 0.5) is 17.6 Å². The van der Waals surface area contributed by atoms with Crippen LogP contribution in [0.1, 0.15) is 12.0 Å². The molecule has 0 aromatic heterocycles. The number of likely N-dealkylation sites (tertiary alicyclic amines) is 1. The second-order valence-electron chi connectivity index (χ2n) is 5.09. The minimum Gasteiger partial charge on any atom is -0.481 e. The van der Waals surface area contributed by atoms with Crippen molar-refractivity contribution >= 4 is 21.9 Å². The topological polar surface area (TPSA) is 40.5 Å². The number of carboxylic acids is 1. The van der Waals surface area contributed by atoms with Crippen LogP contribution in [0.2, 0.25) is 0 Å². The van der Waals surface area contributed by atoms with Gasteiger partial charge >= 0.3 is 12.1 Å². The molecule has 2 rings (SSSR count). The Morgan fingerprint density at radius 3 is 2.57 bits per heavy atom. The van der Waals surface area contributed by atoms with Gasteiger partial charge in [0.15, 0.2) is 5.41 Å². The lowest BCUT2D eigenvalue weighted by Gasteiger charge is -2.27. The number of aliphatic carboxylic acids is 1. The Balaban J connectivity index is 2.14. The average molecular weight is 370 g/mol. The molecule has 1 aliphatic rings. The fourth-order valence-corrected chi connectivity index (χ4v) is 2.87. The molecule has 116 valence electrons. The van der Waals surface area contributed by atoms with Crippen molar-refractivity contribution in [1.82, 2.24) is 4.90 Å². The quantitative estimate of drug-likeness (QED) is 0.829. The van der Waals surface area contributed by atoms with Crippen LogP contribution < -0.4 is 0 Å². The van der Waals surface area contributed by atoms with Gasteiger partial charge in [-0.05, 0) is 40.0 Å². The van der Waals surface area contributed by atoms with Crippen molar-refractivity contribution in [1.29, 1.82) is 0 Å². The summed E-state index contributed by atoms with van der Waals surface area (Å²) in [5.74, 6) is -2.31. The third-order valence-electron chi connectivity index (χ3n) is 3.69. The Bertz CT molecular complexity index is 564. The Labute approximate surface area is 126 Å². The number of alkyl halides is 3. The molecule has 0 spiro atoms. The zero-order valence-electron chi connectivity index (χ0n) is 10.8. The van der Waals surface area contributed by atoms with Crippen LogP contribution in [0, 0.1) is 11.2 Å². The average Bonchev–Trinajstić information content (AvgIpc) is 2.79. The molecule has 1 aromatic carbocycles. The summed E-state index contributed by atoms with van der Waals surface area (Å²) in [6.45, 7) is -0.425. The molecule has 0 saturated carbocycles. The minimum absolute atomic E-state index is 0.0286. The van der Waals surface area contributed by atoms with E-state index in [1.807, 2.05) is 0 Å². The van der Waals surface area contributed by atoms with Crippen LogP contribution in [-0.2, 0) is 11.3 Å². The number of carboxylic acid groups (broad SMARTS) is 1. The van der Waals surface area contributed by atoms with Crippen molar-refractivity contribution in [2.75, 3.05) is 13.1 Å². The molecule has 0 bridgehead atoms. The van der Waals surface area contributed by atoms with Gasteiger partial charge in [-0.25, -0.2) is 4.39 Å². The summed E-state index contributed by atoms with van der Waals surface area (Å²) in [5, 5.41) is 8.96. The van der Waals surface area contributed by atoms with Crippen molar-refractivity contribution in [2.45, 2.75) is 19.1 Å². The first-order valence-electron chi connectivity index (χ1n) is 6.12. The number of hydrogen-bond donors (Lipinski definition) is 1. The summed E-state index contributed by atoms with van der Waals surface area (Å²) in [7, 11) is 0. The first-order chi connectivity index (χ1) is 9.65. The minimum atomic E-state index is -4.79. The Hall–Kier alpha value is -1.15. The molecule has 8 heteroatoms. The highest BCUT2D eigenvalue weighted by Crippen LogP contribution is 2.46. The number of nitrogens with zero attached hydrogens (tertiary/aromatic N) is 1. The molecule has 1 atom stereocenters. The number of rotatable bonds is 3. The molecule has 1 aliphatic heterocycles. The summed E-state index contributed by atoms with van der Waals surface area (Å²) in [6, 6.07) is 4.15. The van der Waals surface area contributed by atoms with Gasteiger partial charge in [0.05, 0.1) is 4.47 Å². The molecule has 0 aliphatic carbocycles. The Morgan fingerprint density at radius 1 is 1.43 bits per heavy atom. The van der Waals surface area contributed by atoms with E-state index < -0.39 is 36.3 Å². The number of hydrogen-bond acceptors (Lipinski definition) is 2. The van der Waals surface area contributed by atoms with Crippen LogP contribution in [0.25, 0.3) is 0 Å². The van der Waals surface area contributed by atoms with Crippen molar-refractivity contribution in [2.24, 2.45) is 5.41 Å². The molecular weight excluding hydrogens is 358 g/mol. The predicted octanol–water partition coefficient (Wildman–Crippen LogP) is 3.43. The van der Waals surface area contributed by atoms with Gasteiger partial charge in [-0.15, -0.1) is 0 Å². The van der Waals surface area contributed by atoms with Crippen LogP contribution in [0.15, 0.2) is 22.7 Å². The Kier molecular flexibility index (Phi) is 4.30. The summed E-state index contributed by atoms with van der Waals surface area (Å²) in [5.41, 5.74) is -2.10. The van der Waals surface area contributed by atoms with Gasteiger partial charge < -0.3 is 5.11 Å². The first-order valence-corrected chi connectivity index (χ1v) is 6.91. The summed E-state index contributed by atoms with van der Waals surface area (Å²) in [6.07, 6.45) is -5.27. The van der Waals surface area contributed by atoms with E-state index >= 15 is 0 Å². The van der Waals surface area contributed by atoms with Crippen LogP contribution in [0.5, 0.6) is 0 Å². The molecule has 1 fully saturated rings. The monoisotopic (exact) mass is 369 g/mol. The van der Waals surface area contributed by atoms with Crippen LogP contribution in [-0.4, -0.2) is 35.2 Å². The number of benzene rings is 1. The van der Waals surface area contributed by atoms with Crippen LogP contribution in [0.3, 0.4) is 0 Å². The van der Waals surface area contributed by atoms with E-state index in [4.69, 9.17) is 5.11 Å². The molecule has 1 unspecified atom stereocenters. The van der Waals surface area contributed by atoms with Gasteiger partial charge in [-0.3, -0.25) is 9.69 Å². The first kappa shape index (κ1) is 16.2. The predicted molar refractivity (Wildman–Crippen MR) is 70.1 cm³/mol. The van der Waals surface area contributed by atoms with E-state index in [1.165, 1.54) is 23.1 Å². The molecule has 0 amide bonds. The van der Waals surface area contributed by atoms with Gasteiger partial charge in [0.2, 0.25) is 0 Å². The second kappa shape index (κ2) is 5.57. The van der Waals surface area contributed by atoms with E-state index in [2.05, 4.69) is 15.9 Å². The van der Waals surface area contributed by atoms with E-state index in [0.717, 1.165) is 0 Å². The normalized spacial score (nSPS) is 23.5. The number of halogens is 5. The zero-order valence-corrected chi connectivity index (χ0v) is 12.3. The fourth-order valence-electron chi connectivity index (χ4n) is 2.45. The van der Waals surface area contributed by atoms with Crippen LogP contribution >= 0.6 is 15.9 Å². The van der Waals surface area contributed by atoms with E-state index in [0.29, 0.717) is 5.56 Å². The van der Waals surface area contributed by atoms with Crippen molar-refractivity contribution in [3.63, 3.8) is 0 Å². The van der Waals surface area contributed by atoms with Gasteiger partial charge in [-0.1, -0.05) is 6.07 Å². The van der Waals surface area contributed by atoms with Crippen molar-refractivity contribution in [3.8, 4) is 0 Å². The standard InChI is InChI=1S/C13H12BrF4NO2/c14-9-5-8(1-2-10(9)15)6-19-4-3-12(7-19,11(20)21)13(16,17)18/h1-2,5H,3-4,6-7H2,(H,20,21). The highest BCUT2D eigenvalue weighted by molar-refractivity contribution is 9.10. The van der Waals surface area contributed by atoms with E-state index in [1.54, 1.807) is 0 Å². The van der Waals surface area contributed by atoms with Gasteiger partial charge in [-0.2, -0.15) is 13.2 Å². The Morgan fingerprint density at radius 2 is 2.10 bits per heavy atom. The SMILES string of the molecule is O=C(O)C1(C(F)(F)F)CCN(Cc2ccc(F)c(Br)c2)C1. The van der Waals surface area contributed by atoms with Crippen molar-refractivity contribution in [3.05, 3.63) is 34.1 Å². The summed E-state index contributed by atoms with van der Waals surface area (Å²) in [4.78, 5) is 12.5. The molecule has 0 radical (unpaired) electrons. The molecule has 1 heterocycles. The van der Waals surface area contributed by atoms with Gasteiger partial charge in [0.1, 0.15) is 5.82 Å². The maximum Gasteiger partial charge on any atom is 0.406 e. The third-order valence-corrected chi connectivity index (χ3v) is 4.30. The van der Waals surface area contributed by atoms with Gasteiger partial charge in [0, 0.05) is 19.6 Å². The molecular formula is C13H12BrF4NO2. The number of carbonyl (C=O) groups is 1. The highest BCUT2D eigenvalue weighted by Gasteiger charge is 2.63. The van der Waals surface area contributed by atoms with Gasteiger partial charge in [0.25, 0.3) is 0 Å². The largest absolute Gasteiger partial charge is 0.481 e. The lowest BCUT2D eigenvalue weighted by Crippen LogP contribution is -2.47. The molecule has 1 aromatic rings. The highest BCUT2D eigenvalue weighted by atomic mass is 79.9. The zero-order chi connectivity index (χ0) is 15.8. The molecule has 3 nitrogen and oxygen atoms in total.